The molecule has 1 saturated carbocycles. The first-order valence-corrected chi connectivity index (χ1v) is 8.36. The third-order valence-corrected chi connectivity index (χ3v) is 4.15. The predicted octanol–water partition coefficient (Wildman–Crippen LogP) is 1.35. The summed E-state index contributed by atoms with van der Waals surface area (Å²) < 4.78 is 10.9. The Balaban J connectivity index is 1.40. The zero-order valence-electron chi connectivity index (χ0n) is 13.7. The Kier molecular flexibility index (Phi) is 5.46. The van der Waals surface area contributed by atoms with Gasteiger partial charge in [0, 0.05) is 25.8 Å². The lowest BCUT2D eigenvalue weighted by Gasteiger charge is -2.32. The number of pyridine rings is 1. The number of anilines is 1. The predicted molar refractivity (Wildman–Crippen MR) is 87.3 cm³/mol. The molecule has 1 aromatic heterocycles. The Morgan fingerprint density at radius 2 is 2.35 bits per heavy atom. The summed E-state index contributed by atoms with van der Waals surface area (Å²) in [5, 5.41) is 2.86. The number of amides is 1. The van der Waals surface area contributed by atoms with Crippen LogP contribution < -0.4 is 10.2 Å². The number of rotatable bonds is 7. The molecule has 1 N–H and O–H groups in total. The second-order valence-electron chi connectivity index (χ2n) is 6.39. The second kappa shape index (κ2) is 7.75. The van der Waals surface area contributed by atoms with E-state index in [1.54, 1.807) is 0 Å². The zero-order valence-corrected chi connectivity index (χ0v) is 13.7. The first-order valence-electron chi connectivity index (χ1n) is 8.36. The van der Waals surface area contributed by atoms with E-state index in [0.717, 1.165) is 31.1 Å². The summed E-state index contributed by atoms with van der Waals surface area (Å²) in [4.78, 5) is 18.4. The minimum atomic E-state index is -0.0725. The summed E-state index contributed by atoms with van der Waals surface area (Å²) in [6.45, 7) is 5.88. The molecule has 2 fully saturated rings. The summed E-state index contributed by atoms with van der Waals surface area (Å²) >= 11 is 0. The molecule has 0 radical (unpaired) electrons. The van der Waals surface area contributed by atoms with Crippen molar-refractivity contribution in [3.63, 3.8) is 0 Å². The molecule has 2 aliphatic rings. The van der Waals surface area contributed by atoms with Gasteiger partial charge in [0.2, 0.25) is 5.91 Å². The molecular weight excluding hydrogens is 294 g/mol. The van der Waals surface area contributed by atoms with E-state index in [2.05, 4.69) is 22.1 Å². The van der Waals surface area contributed by atoms with Gasteiger partial charge in [-0.25, -0.2) is 4.98 Å². The first-order chi connectivity index (χ1) is 11.2. The van der Waals surface area contributed by atoms with E-state index < -0.39 is 0 Å². The van der Waals surface area contributed by atoms with Gasteiger partial charge < -0.3 is 19.7 Å². The molecule has 1 aliphatic carbocycles. The summed E-state index contributed by atoms with van der Waals surface area (Å²) in [6, 6.07) is 4.01. The number of nitrogens with one attached hydrogen (secondary N) is 1. The molecule has 6 nitrogen and oxygen atoms in total. The van der Waals surface area contributed by atoms with E-state index in [1.807, 2.05) is 18.3 Å². The Morgan fingerprint density at radius 3 is 3.04 bits per heavy atom. The Hall–Kier alpha value is -1.66. The smallest absolute Gasteiger partial charge is 0.246 e. The molecule has 1 aliphatic heterocycles. The Morgan fingerprint density at radius 1 is 1.48 bits per heavy atom. The van der Waals surface area contributed by atoms with Crippen molar-refractivity contribution in [2.75, 3.05) is 37.8 Å². The second-order valence-corrected chi connectivity index (χ2v) is 6.39. The number of hydrogen-bond donors (Lipinski definition) is 1. The van der Waals surface area contributed by atoms with E-state index in [-0.39, 0.29) is 18.6 Å². The van der Waals surface area contributed by atoms with Crippen LogP contribution in [0.2, 0.25) is 0 Å². The Labute approximate surface area is 137 Å². The maximum atomic E-state index is 11.7. The van der Waals surface area contributed by atoms with Gasteiger partial charge in [-0.05, 0) is 37.3 Å². The van der Waals surface area contributed by atoms with E-state index in [0.29, 0.717) is 19.1 Å². The molecule has 1 aromatic rings. The molecule has 23 heavy (non-hydrogen) atoms. The van der Waals surface area contributed by atoms with Crippen LogP contribution in [-0.2, 0) is 20.8 Å². The van der Waals surface area contributed by atoms with Crippen molar-refractivity contribution < 1.29 is 14.3 Å². The number of morpholine rings is 1. The average molecular weight is 319 g/mol. The highest BCUT2D eigenvalue weighted by Crippen LogP contribution is 2.28. The van der Waals surface area contributed by atoms with Crippen LogP contribution in [0.4, 0.5) is 5.82 Å². The largest absolute Gasteiger partial charge is 0.375 e. The standard InChI is InChI=1S/C17H25N3O3/c1-13-10-20(6-7-23-13)16-5-4-15(8-18-16)9-19-17(21)12-22-11-14-2-3-14/h4-5,8,13-14H,2-3,6-7,9-12H2,1H3,(H,19,21)/t13-/m1/s1. The van der Waals surface area contributed by atoms with Gasteiger partial charge in [0.25, 0.3) is 0 Å². The Bertz CT molecular complexity index is 516. The van der Waals surface area contributed by atoms with Crippen molar-refractivity contribution in [2.24, 2.45) is 5.92 Å². The average Bonchev–Trinajstić information content (AvgIpc) is 3.38. The van der Waals surface area contributed by atoms with Gasteiger partial charge in [-0.15, -0.1) is 0 Å². The quantitative estimate of drug-likeness (QED) is 0.822. The highest BCUT2D eigenvalue weighted by molar-refractivity contribution is 5.77. The van der Waals surface area contributed by atoms with Crippen LogP contribution in [0, 0.1) is 5.92 Å². The van der Waals surface area contributed by atoms with Crippen molar-refractivity contribution in [1.82, 2.24) is 10.3 Å². The number of carbonyl (C=O) groups is 1. The van der Waals surface area contributed by atoms with Crippen molar-refractivity contribution in [3.8, 4) is 0 Å². The van der Waals surface area contributed by atoms with Crippen LogP contribution in [0.3, 0.4) is 0 Å². The topological polar surface area (TPSA) is 63.7 Å². The molecule has 0 aromatic carbocycles. The van der Waals surface area contributed by atoms with Crippen LogP contribution in [0.25, 0.3) is 0 Å². The van der Waals surface area contributed by atoms with E-state index in [1.165, 1.54) is 12.8 Å². The van der Waals surface area contributed by atoms with Gasteiger partial charge in [-0.3, -0.25) is 4.79 Å². The number of ether oxygens (including phenoxy) is 2. The maximum Gasteiger partial charge on any atom is 0.246 e. The molecule has 0 unspecified atom stereocenters. The molecule has 126 valence electrons. The summed E-state index contributed by atoms with van der Waals surface area (Å²) in [7, 11) is 0. The highest BCUT2D eigenvalue weighted by atomic mass is 16.5. The molecular formula is C17H25N3O3. The van der Waals surface area contributed by atoms with Crippen molar-refractivity contribution >= 4 is 11.7 Å². The van der Waals surface area contributed by atoms with Gasteiger partial charge in [-0.1, -0.05) is 6.07 Å². The zero-order chi connectivity index (χ0) is 16.1. The molecule has 1 saturated heterocycles. The lowest BCUT2D eigenvalue weighted by atomic mass is 10.2. The lowest BCUT2D eigenvalue weighted by molar-refractivity contribution is -0.126. The third-order valence-electron chi connectivity index (χ3n) is 4.15. The fourth-order valence-corrected chi connectivity index (χ4v) is 2.59. The number of nitrogens with zero attached hydrogens (tertiary/aromatic N) is 2. The van der Waals surface area contributed by atoms with Gasteiger partial charge in [0.05, 0.1) is 19.3 Å². The highest BCUT2D eigenvalue weighted by Gasteiger charge is 2.21. The van der Waals surface area contributed by atoms with Gasteiger partial charge >= 0.3 is 0 Å². The maximum absolute atomic E-state index is 11.7. The van der Waals surface area contributed by atoms with E-state index in [9.17, 15) is 4.79 Å². The van der Waals surface area contributed by atoms with Crippen LogP contribution in [0.15, 0.2) is 18.3 Å². The number of aromatic nitrogens is 1. The van der Waals surface area contributed by atoms with Gasteiger partial charge in [-0.2, -0.15) is 0 Å². The summed E-state index contributed by atoms with van der Waals surface area (Å²) in [6.07, 6.45) is 4.53. The molecule has 0 bridgehead atoms. The molecule has 1 atom stereocenters. The monoisotopic (exact) mass is 319 g/mol. The summed E-state index contributed by atoms with van der Waals surface area (Å²) in [5.41, 5.74) is 0.991. The van der Waals surface area contributed by atoms with Crippen LogP contribution in [0.1, 0.15) is 25.3 Å². The first kappa shape index (κ1) is 16.2. The van der Waals surface area contributed by atoms with Crippen molar-refractivity contribution in [2.45, 2.75) is 32.4 Å². The minimum Gasteiger partial charge on any atom is -0.375 e. The van der Waals surface area contributed by atoms with Gasteiger partial charge in [0.1, 0.15) is 12.4 Å². The SMILES string of the molecule is C[C@@H]1CN(c2ccc(CNC(=O)COCC3CC3)cn2)CCO1. The lowest BCUT2D eigenvalue weighted by Crippen LogP contribution is -2.41. The van der Waals surface area contributed by atoms with Crippen LogP contribution in [0.5, 0.6) is 0 Å². The number of hydrogen-bond acceptors (Lipinski definition) is 5. The van der Waals surface area contributed by atoms with E-state index in [4.69, 9.17) is 9.47 Å². The summed E-state index contributed by atoms with van der Waals surface area (Å²) in [5.74, 6) is 1.57. The minimum absolute atomic E-state index is 0.0725. The fourth-order valence-electron chi connectivity index (χ4n) is 2.59. The van der Waals surface area contributed by atoms with Crippen molar-refractivity contribution in [3.05, 3.63) is 23.9 Å². The fraction of sp³-hybridized carbons (Fsp3) is 0.647. The van der Waals surface area contributed by atoms with Gasteiger partial charge in [0.15, 0.2) is 0 Å². The molecule has 2 heterocycles. The molecule has 0 spiro atoms. The molecule has 3 rings (SSSR count). The molecule has 6 heteroatoms. The van der Waals surface area contributed by atoms with Crippen LogP contribution in [-0.4, -0.2) is 49.9 Å². The molecule has 1 amide bonds. The van der Waals surface area contributed by atoms with E-state index >= 15 is 0 Å². The normalized spacial score (nSPS) is 21.3. The third kappa shape index (κ3) is 5.18. The van der Waals surface area contributed by atoms with Crippen molar-refractivity contribution in [1.29, 1.82) is 0 Å². The number of carbonyl (C=O) groups excluding carboxylic acids is 1. The van der Waals surface area contributed by atoms with Crippen LogP contribution >= 0.6 is 0 Å².